The summed E-state index contributed by atoms with van der Waals surface area (Å²) in [5.74, 6) is 1.27. The van der Waals surface area contributed by atoms with Crippen molar-refractivity contribution in [2.75, 3.05) is 11.1 Å². The van der Waals surface area contributed by atoms with Gasteiger partial charge in [-0.2, -0.15) is 0 Å². The van der Waals surface area contributed by atoms with Gasteiger partial charge >= 0.3 is 0 Å². The molecule has 6 rings (SSSR count). The predicted molar refractivity (Wildman–Crippen MR) is 131 cm³/mol. The molecule has 2 N–H and O–H groups in total. The number of nitrogens with zero attached hydrogens (tertiary/aromatic N) is 1. The number of benzene rings is 2. The Bertz CT molecular complexity index is 1560. The van der Waals surface area contributed by atoms with Gasteiger partial charge in [-0.05, 0) is 49.1 Å². The fourth-order valence-electron chi connectivity index (χ4n) is 4.36. The molecular weight excluding hydrogens is 442 g/mol. The molecule has 0 unspecified atom stereocenters. The Kier molecular flexibility index (Phi) is 4.77. The maximum Gasteiger partial charge on any atom is 0.259 e. The number of para-hydroxylation sites is 1. The molecule has 160 valence electrons. The van der Waals surface area contributed by atoms with Crippen molar-refractivity contribution in [1.82, 2.24) is 9.97 Å². The van der Waals surface area contributed by atoms with Crippen LogP contribution in [0.5, 0.6) is 0 Å². The smallest absolute Gasteiger partial charge is 0.259 e. The zero-order chi connectivity index (χ0) is 21.7. The van der Waals surface area contributed by atoms with Gasteiger partial charge in [0.05, 0.1) is 16.9 Å². The SMILES string of the molecule is O=C(CSCc1nc2sc3c(c2c(=O)[nH]1)CCC3)Nc1ccc2oc3ccccc3c2c1. The molecule has 0 bridgehead atoms. The average Bonchev–Trinajstić information content (AvgIpc) is 3.46. The Morgan fingerprint density at radius 3 is 2.97 bits per heavy atom. The lowest BCUT2D eigenvalue weighted by molar-refractivity contribution is -0.113. The number of aromatic amines is 1. The second kappa shape index (κ2) is 7.79. The number of aromatic nitrogens is 2. The molecule has 32 heavy (non-hydrogen) atoms. The van der Waals surface area contributed by atoms with E-state index >= 15 is 0 Å². The Morgan fingerprint density at radius 1 is 1.16 bits per heavy atom. The van der Waals surface area contributed by atoms with Crippen molar-refractivity contribution in [2.24, 2.45) is 0 Å². The number of aryl methyl sites for hydroxylation is 2. The molecule has 0 radical (unpaired) electrons. The molecule has 1 aliphatic carbocycles. The first-order valence-electron chi connectivity index (χ1n) is 10.5. The molecule has 5 aromatic rings. The molecule has 3 heterocycles. The Balaban J connectivity index is 1.13. The number of H-pyrrole nitrogens is 1. The van der Waals surface area contributed by atoms with Crippen LogP contribution in [0.4, 0.5) is 5.69 Å². The lowest BCUT2D eigenvalue weighted by atomic mass is 10.1. The number of rotatable bonds is 5. The highest BCUT2D eigenvalue weighted by atomic mass is 32.2. The highest BCUT2D eigenvalue weighted by molar-refractivity contribution is 7.99. The van der Waals surface area contributed by atoms with Crippen molar-refractivity contribution in [3.8, 4) is 0 Å². The monoisotopic (exact) mass is 461 g/mol. The molecule has 1 aliphatic rings. The van der Waals surface area contributed by atoms with Gasteiger partial charge in [-0.1, -0.05) is 18.2 Å². The molecule has 0 aliphatic heterocycles. The summed E-state index contributed by atoms with van der Waals surface area (Å²) in [4.78, 5) is 34.7. The van der Waals surface area contributed by atoms with Gasteiger partial charge in [0, 0.05) is 21.3 Å². The molecule has 0 spiro atoms. The summed E-state index contributed by atoms with van der Waals surface area (Å²) in [6.45, 7) is 0. The topological polar surface area (TPSA) is 88.0 Å². The van der Waals surface area contributed by atoms with Gasteiger partial charge < -0.3 is 14.7 Å². The summed E-state index contributed by atoms with van der Waals surface area (Å²) in [5, 5.41) is 5.71. The third-order valence-corrected chi connectivity index (χ3v) is 7.89. The summed E-state index contributed by atoms with van der Waals surface area (Å²) in [6, 6.07) is 13.5. The third kappa shape index (κ3) is 3.40. The van der Waals surface area contributed by atoms with Crippen LogP contribution >= 0.6 is 23.1 Å². The number of hydrogen-bond acceptors (Lipinski definition) is 6. The summed E-state index contributed by atoms with van der Waals surface area (Å²) in [7, 11) is 0. The maximum absolute atomic E-state index is 12.6. The van der Waals surface area contributed by atoms with Crippen LogP contribution in [0.2, 0.25) is 0 Å². The third-order valence-electron chi connectivity index (χ3n) is 5.76. The number of amides is 1. The predicted octanol–water partition coefficient (Wildman–Crippen LogP) is 5.24. The number of thioether (sulfide) groups is 1. The van der Waals surface area contributed by atoms with Crippen molar-refractivity contribution in [3.05, 3.63) is 69.1 Å². The molecule has 8 heteroatoms. The maximum atomic E-state index is 12.6. The molecule has 0 atom stereocenters. The van der Waals surface area contributed by atoms with E-state index < -0.39 is 0 Å². The fraction of sp³-hybridized carbons (Fsp3) is 0.208. The van der Waals surface area contributed by atoms with E-state index in [-0.39, 0.29) is 17.2 Å². The number of nitrogens with one attached hydrogen (secondary N) is 2. The number of fused-ring (bicyclic) bond motifs is 6. The second-order valence-electron chi connectivity index (χ2n) is 7.90. The minimum Gasteiger partial charge on any atom is -0.456 e. The Labute approximate surface area is 191 Å². The molecule has 6 nitrogen and oxygen atoms in total. The molecule has 0 fully saturated rings. The van der Waals surface area contributed by atoms with E-state index in [0.717, 1.165) is 57.1 Å². The van der Waals surface area contributed by atoms with Crippen molar-refractivity contribution in [2.45, 2.75) is 25.0 Å². The molecule has 2 aromatic carbocycles. The first kappa shape index (κ1) is 19.6. The lowest BCUT2D eigenvalue weighted by Gasteiger charge is -2.05. The van der Waals surface area contributed by atoms with E-state index in [4.69, 9.17) is 4.42 Å². The summed E-state index contributed by atoms with van der Waals surface area (Å²) in [5.41, 5.74) is 3.48. The van der Waals surface area contributed by atoms with Crippen molar-refractivity contribution < 1.29 is 9.21 Å². The molecule has 0 saturated carbocycles. The van der Waals surface area contributed by atoms with E-state index in [1.54, 1.807) is 11.3 Å². The van der Waals surface area contributed by atoms with Crippen LogP contribution in [0.1, 0.15) is 22.7 Å². The van der Waals surface area contributed by atoms with E-state index in [1.807, 2.05) is 42.5 Å². The van der Waals surface area contributed by atoms with Gasteiger partial charge in [-0.3, -0.25) is 9.59 Å². The zero-order valence-electron chi connectivity index (χ0n) is 17.1. The zero-order valence-corrected chi connectivity index (χ0v) is 18.7. The fourth-order valence-corrected chi connectivity index (χ4v) is 6.33. The highest BCUT2D eigenvalue weighted by Gasteiger charge is 2.21. The van der Waals surface area contributed by atoms with Gasteiger partial charge in [0.15, 0.2) is 0 Å². The van der Waals surface area contributed by atoms with Crippen molar-refractivity contribution in [3.63, 3.8) is 0 Å². The standard InChI is InChI=1S/C24H19N3O3S2/c28-21(25-13-8-9-18-16(10-13)14-4-1-2-6-17(14)30-18)12-31-11-20-26-23(29)22-15-5-3-7-19(15)32-24(22)27-20/h1-2,4,6,8-10H,3,5,7,11-12H2,(H,25,28)(H,26,27,29). The lowest BCUT2D eigenvalue weighted by Crippen LogP contribution is -2.15. The molecule has 1 amide bonds. The average molecular weight is 462 g/mol. The van der Waals surface area contributed by atoms with Gasteiger partial charge in [-0.15, -0.1) is 23.1 Å². The number of furan rings is 1. The van der Waals surface area contributed by atoms with Gasteiger partial charge in [0.2, 0.25) is 5.91 Å². The van der Waals surface area contributed by atoms with Crippen molar-refractivity contribution in [1.29, 1.82) is 0 Å². The minimum absolute atomic E-state index is 0.0601. The number of anilines is 1. The van der Waals surface area contributed by atoms with E-state index in [2.05, 4.69) is 15.3 Å². The number of carbonyl (C=O) groups excluding carboxylic acids is 1. The largest absolute Gasteiger partial charge is 0.456 e. The summed E-state index contributed by atoms with van der Waals surface area (Å²) < 4.78 is 5.83. The first-order chi connectivity index (χ1) is 15.7. The van der Waals surface area contributed by atoms with Crippen LogP contribution in [0.3, 0.4) is 0 Å². The van der Waals surface area contributed by atoms with Crippen LogP contribution in [-0.2, 0) is 23.4 Å². The molecular formula is C24H19N3O3S2. The van der Waals surface area contributed by atoms with Crippen LogP contribution in [-0.4, -0.2) is 21.6 Å². The molecule has 0 saturated heterocycles. The van der Waals surface area contributed by atoms with Crippen molar-refractivity contribution >= 4 is 66.8 Å². The van der Waals surface area contributed by atoms with E-state index in [0.29, 0.717) is 11.6 Å². The van der Waals surface area contributed by atoms with Gasteiger partial charge in [-0.25, -0.2) is 4.98 Å². The van der Waals surface area contributed by atoms with Gasteiger partial charge in [0.1, 0.15) is 21.8 Å². The van der Waals surface area contributed by atoms with E-state index in [1.165, 1.54) is 22.2 Å². The first-order valence-corrected chi connectivity index (χ1v) is 12.5. The Hall–Kier alpha value is -3.10. The quantitative estimate of drug-likeness (QED) is 0.373. The minimum atomic E-state index is -0.0966. The number of hydrogen-bond donors (Lipinski definition) is 2. The normalized spacial score (nSPS) is 13.2. The second-order valence-corrected chi connectivity index (χ2v) is 9.97. The number of thiophene rings is 1. The van der Waals surface area contributed by atoms with Gasteiger partial charge in [0.25, 0.3) is 5.56 Å². The van der Waals surface area contributed by atoms with Crippen LogP contribution in [0, 0.1) is 0 Å². The highest BCUT2D eigenvalue weighted by Crippen LogP contribution is 2.34. The molecule has 3 aromatic heterocycles. The van der Waals surface area contributed by atoms with Crippen LogP contribution in [0.15, 0.2) is 51.7 Å². The summed E-state index contributed by atoms with van der Waals surface area (Å²) >= 11 is 3.06. The number of carbonyl (C=O) groups is 1. The Morgan fingerprint density at radius 2 is 2.03 bits per heavy atom. The van der Waals surface area contributed by atoms with Crippen LogP contribution < -0.4 is 10.9 Å². The van der Waals surface area contributed by atoms with E-state index in [9.17, 15) is 9.59 Å². The van der Waals surface area contributed by atoms with Crippen LogP contribution in [0.25, 0.3) is 32.2 Å². The summed E-state index contributed by atoms with van der Waals surface area (Å²) in [6.07, 6.45) is 3.13.